The fourth-order valence-electron chi connectivity index (χ4n) is 1.11. The molecule has 0 aromatic heterocycles. The van der Waals surface area contributed by atoms with Gasteiger partial charge in [0.1, 0.15) is 5.75 Å². The number of ether oxygens (including phenoxy) is 2. The largest absolute Gasteiger partial charge is 0.496 e. The van der Waals surface area contributed by atoms with Crippen molar-refractivity contribution in [2.75, 3.05) is 12.4 Å². The minimum atomic E-state index is -0.466. The molecule has 0 spiro atoms. The summed E-state index contributed by atoms with van der Waals surface area (Å²) < 4.78 is 10.8. The van der Waals surface area contributed by atoms with Crippen LogP contribution in [-0.4, -0.2) is 19.3 Å². The predicted molar refractivity (Wildman–Crippen MR) is 65.9 cm³/mol. The van der Waals surface area contributed by atoms with Crippen LogP contribution in [0.25, 0.3) is 0 Å². The number of methoxy groups -OCH3 is 1. The molecule has 88 valence electrons. The van der Waals surface area contributed by atoms with Gasteiger partial charge in [-0.05, 0) is 48.0 Å². The highest BCUT2D eigenvalue weighted by Crippen LogP contribution is 2.27. The fourth-order valence-corrected chi connectivity index (χ4v) is 1.65. The van der Waals surface area contributed by atoms with Gasteiger partial charge in [-0.1, -0.05) is 0 Å². The molecule has 4 nitrogen and oxygen atoms in total. The Morgan fingerprint density at radius 2 is 2.12 bits per heavy atom. The first-order valence-corrected chi connectivity index (χ1v) is 5.63. The molecular formula is C11H14BrNO3. The molecule has 0 fully saturated rings. The van der Waals surface area contributed by atoms with Gasteiger partial charge in [-0.3, -0.25) is 5.32 Å². The van der Waals surface area contributed by atoms with E-state index in [1.165, 1.54) is 0 Å². The lowest BCUT2D eigenvalue weighted by Crippen LogP contribution is -2.17. The van der Waals surface area contributed by atoms with Crippen molar-refractivity contribution in [3.63, 3.8) is 0 Å². The zero-order chi connectivity index (χ0) is 12.1. The van der Waals surface area contributed by atoms with Gasteiger partial charge in [0.2, 0.25) is 0 Å². The van der Waals surface area contributed by atoms with Crippen LogP contribution in [0.4, 0.5) is 10.5 Å². The lowest BCUT2D eigenvalue weighted by atomic mass is 10.3. The van der Waals surface area contributed by atoms with E-state index in [0.717, 1.165) is 4.47 Å². The standard InChI is InChI=1S/C11H14BrNO3/c1-7(2)16-11(14)13-8-4-5-10(15-3)9(12)6-8/h4-7H,1-3H3,(H,13,14). The summed E-state index contributed by atoms with van der Waals surface area (Å²) in [7, 11) is 1.58. The molecule has 0 bridgehead atoms. The van der Waals surface area contributed by atoms with Crippen molar-refractivity contribution in [1.29, 1.82) is 0 Å². The van der Waals surface area contributed by atoms with Crippen molar-refractivity contribution in [2.45, 2.75) is 20.0 Å². The van der Waals surface area contributed by atoms with Crippen LogP contribution in [0.2, 0.25) is 0 Å². The number of hydrogen-bond donors (Lipinski definition) is 1. The minimum Gasteiger partial charge on any atom is -0.496 e. The topological polar surface area (TPSA) is 47.6 Å². The third kappa shape index (κ3) is 3.73. The highest BCUT2D eigenvalue weighted by Gasteiger charge is 2.07. The first-order valence-electron chi connectivity index (χ1n) is 4.84. The monoisotopic (exact) mass is 287 g/mol. The number of amides is 1. The molecule has 16 heavy (non-hydrogen) atoms. The lowest BCUT2D eigenvalue weighted by Gasteiger charge is -2.10. The molecule has 0 atom stereocenters. The zero-order valence-electron chi connectivity index (χ0n) is 9.41. The number of anilines is 1. The van der Waals surface area contributed by atoms with Crippen LogP contribution in [0.5, 0.6) is 5.75 Å². The molecule has 0 aliphatic heterocycles. The van der Waals surface area contributed by atoms with Crippen LogP contribution < -0.4 is 10.1 Å². The molecule has 1 aromatic rings. The molecule has 0 saturated heterocycles. The summed E-state index contributed by atoms with van der Waals surface area (Å²) in [6.45, 7) is 3.59. The van der Waals surface area contributed by atoms with Gasteiger partial charge < -0.3 is 9.47 Å². The third-order valence-corrected chi connectivity index (χ3v) is 2.36. The highest BCUT2D eigenvalue weighted by atomic mass is 79.9. The Hall–Kier alpha value is -1.23. The number of carbonyl (C=O) groups excluding carboxylic acids is 1. The maximum Gasteiger partial charge on any atom is 0.411 e. The van der Waals surface area contributed by atoms with Gasteiger partial charge in [-0.2, -0.15) is 0 Å². The Bertz CT molecular complexity index is 379. The lowest BCUT2D eigenvalue weighted by molar-refractivity contribution is 0.130. The van der Waals surface area contributed by atoms with Gasteiger partial charge in [-0.25, -0.2) is 4.79 Å². The Morgan fingerprint density at radius 3 is 2.62 bits per heavy atom. The van der Waals surface area contributed by atoms with Crippen LogP contribution in [-0.2, 0) is 4.74 Å². The van der Waals surface area contributed by atoms with E-state index in [1.54, 1.807) is 39.2 Å². The minimum absolute atomic E-state index is 0.137. The number of halogens is 1. The second kappa shape index (κ2) is 5.75. The van der Waals surface area contributed by atoms with Gasteiger partial charge in [-0.15, -0.1) is 0 Å². The van der Waals surface area contributed by atoms with Gasteiger partial charge in [0.15, 0.2) is 0 Å². The summed E-state index contributed by atoms with van der Waals surface area (Å²) >= 11 is 3.33. The maximum atomic E-state index is 11.3. The summed E-state index contributed by atoms with van der Waals surface area (Å²) in [5, 5.41) is 2.62. The summed E-state index contributed by atoms with van der Waals surface area (Å²) in [6, 6.07) is 5.25. The average molecular weight is 288 g/mol. The van der Waals surface area contributed by atoms with E-state index in [4.69, 9.17) is 9.47 Å². The molecule has 1 N–H and O–H groups in total. The molecule has 1 rings (SSSR count). The highest BCUT2D eigenvalue weighted by molar-refractivity contribution is 9.10. The van der Waals surface area contributed by atoms with Crippen LogP contribution in [0.15, 0.2) is 22.7 Å². The predicted octanol–water partition coefficient (Wildman–Crippen LogP) is 3.41. The Kier molecular flexibility index (Phi) is 4.61. The summed E-state index contributed by atoms with van der Waals surface area (Å²) in [6.07, 6.45) is -0.603. The SMILES string of the molecule is COc1ccc(NC(=O)OC(C)C)cc1Br. The summed E-state index contributed by atoms with van der Waals surface area (Å²) in [4.78, 5) is 11.3. The van der Waals surface area contributed by atoms with Crippen molar-refractivity contribution in [2.24, 2.45) is 0 Å². The molecular weight excluding hydrogens is 274 g/mol. The number of benzene rings is 1. The molecule has 0 unspecified atom stereocenters. The molecule has 0 aliphatic rings. The molecule has 5 heteroatoms. The zero-order valence-corrected chi connectivity index (χ0v) is 11.0. The van der Waals surface area contributed by atoms with Crippen molar-refractivity contribution in [3.8, 4) is 5.75 Å². The number of nitrogens with one attached hydrogen (secondary N) is 1. The smallest absolute Gasteiger partial charge is 0.411 e. The molecule has 1 amide bonds. The molecule has 0 aliphatic carbocycles. The van der Waals surface area contributed by atoms with E-state index < -0.39 is 6.09 Å². The van der Waals surface area contributed by atoms with Crippen LogP contribution >= 0.6 is 15.9 Å². The van der Waals surface area contributed by atoms with E-state index in [1.807, 2.05) is 0 Å². The summed E-state index contributed by atoms with van der Waals surface area (Å²) in [5.74, 6) is 0.711. The second-order valence-corrected chi connectivity index (χ2v) is 4.28. The third-order valence-electron chi connectivity index (χ3n) is 1.74. The molecule has 0 heterocycles. The van der Waals surface area contributed by atoms with Crippen molar-refractivity contribution in [3.05, 3.63) is 22.7 Å². The fraction of sp³-hybridized carbons (Fsp3) is 0.364. The number of hydrogen-bond acceptors (Lipinski definition) is 3. The van der Waals surface area contributed by atoms with Gasteiger partial charge in [0.05, 0.1) is 17.7 Å². The van der Waals surface area contributed by atoms with Gasteiger partial charge in [0, 0.05) is 5.69 Å². The normalized spacial score (nSPS) is 10.1. The molecule has 0 saturated carbocycles. The van der Waals surface area contributed by atoms with Crippen molar-refractivity contribution < 1.29 is 14.3 Å². The quantitative estimate of drug-likeness (QED) is 0.927. The first-order chi connectivity index (χ1) is 7.52. The van der Waals surface area contributed by atoms with Crippen molar-refractivity contribution >= 4 is 27.7 Å². The Balaban J connectivity index is 2.68. The number of carbonyl (C=O) groups is 1. The van der Waals surface area contributed by atoms with Crippen LogP contribution in [0.3, 0.4) is 0 Å². The summed E-state index contributed by atoms with van der Waals surface area (Å²) in [5.41, 5.74) is 0.651. The molecule has 1 aromatic carbocycles. The van der Waals surface area contributed by atoms with E-state index in [0.29, 0.717) is 11.4 Å². The second-order valence-electron chi connectivity index (χ2n) is 3.43. The average Bonchev–Trinajstić information content (AvgIpc) is 2.16. The first kappa shape index (κ1) is 12.8. The van der Waals surface area contributed by atoms with Crippen LogP contribution in [0, 0.1) is 0 Å². The van der Waals surface area contributed by atoms with E-state index in [-0.39, 0.29) is 6.10 Å². The Labute approximate surface area is 103 Å². The van der Waals surface area contributed by atoms with Crippen molar-refractivity contribution in [1.82, 2.24) is 0 Å². The van der Waals surface area contributed by atoms with Gasteiger partial charge >= 0.3 is 6.09 Å². The van der Waals surface area contributed by atoms with E-state index in [9.17, 15) is 4.79 Å². The van der Waals surface area contributed by atoms with E-state index in [2.05, 4.69) is 21.2 Å². The van der Waals surface area contributed by atoms with E-state index >= 15 is 0 Å². The number of rotatable bonds is 3. The Morgan fingerprint density at radius 1 is 1.44 bits per heavy atom. The maximum absolute atomic E-state index is 11.3. The van der Waals surface area contributed by atoms with Crippen LogP contribution in [0.1, 0.15) is 13.8 Å². The van der Waals surface area contributed by atoms with Gasteiger partial charge in [0.25, 0.3) is 0 Å². The molecule has 0 radical (unpaired) electrons.